The summed E-state index contributed by atoms with van der Waals surface area (Å²) in [6.45, 7) is 3.83. The van der Waals surface area contributed by atoms with Crippen molar-refractivity contribution in [2.45, 2.75) is 32.6 Å². The summed E-state index contributed by atoms with van der Waals surface area (Å²) in [4.78, 5) is 5.36. The fourth-order valence-electron chi connectivity index (χ4n) is 1.76. The highest BCUT2D eigenvalue weighted by atomic mass is 19.4. The third-order valence-electron chi connectivity index (χ3n) is 2.58. The molecule has 0 aliphatic rings. The van der Waals surface area contributed by atoms with E-state index < -0.39 is 12.7 Å². The van der Waals surface area contributed by atoms with Crippen LogP contribution in [0.25, 0.3) is 0 Å². The lowest BCUT2D eigenvalue weighted by molar-refractivity contribution is -0.147. The van der Waals surface area contributed by atoms with E-state index in [0.29, 0.717) is 18.9 Å². The van der Waals surface area contributed by atoms with E-state index in [1.54, 1.807) is 11.7 Å². The SMILES string of the molecule is CNCCN(Cc1ncnn1C(C)C)CC(F)(F)F. The maximum atomic E-state index is 12.5. The third kappa shape index (κ3) is 5.56. The van der Waals surface area contributed by atoms with Crippen LogP contribution >= 0.6 is 0 Å². The van der Waals surface area contributed by atoms with Crippen molar-refractivity contribution in [3.05, 3.63) is 12.2 Å². The van der Waals surface area contributed by atoms with Gasteiger partial charge in [-0.1, -0.05) is 0 Å². The van der Waals surface area contributed by atoms with Crippen molar-refractivity contribution in [1.29, 1.82) is 0 Å². The van der Waals surface area contributed by atoms with Gasteiger partial charge in [0.1, 0.15) is 12.2 Å². The van der Waals surface area contributed by atoms with Crippen molar-refractivity contribution in [3.8, 4) is 0 Å². The number of hydrogen-bond acceptors (Lipinski definition) is 4. The Morgan fingerprint density at radius 3 is 2.63 bits per heavy atom. The summed E-state index contributed by atoms with van der Waals surface area (Å²) in [5.41, 5.74) is 0. The van der Waals surface area contributed by atoms with Gasteiger partial charge >= 0.3 is 6.18 Å². The van der Waals surface area contributed by atoms with Crippen molar-refractivity contribution < 1.29 is 13.2 Å². The van der Waals surface area contributed by atoms with E-state index in [-0.39, 0.29) is 12.6 Å². The van der Waals surface area contributed by atoms with Gasteiger partial charge in [-0.2, -0.15) is 18.3 Å². The minimum Gasteiger partial charge on any atom is -0.318 e. The highest BCUT2D eigenvalue weighted by Gasteiger charge is 2.31. The largest absolute Gasteiger partial charge is 0.401 e. The Morgan fingerprint density at radius 1 is 1.42 bits per heavy atom. The lowest BCUT2D eigenvalue weighted by Gasteiger charge is -2.23. The molecule has 0 spiro atoms. The number of hydrogen-bond donors (Lipinski definition) is 1. The molecule has 1 N–H and O–H groups in total. The van der Waals surface area contributed by atoms with Gasteiger partial charge in [0, 0.05) is 19.1 Å². The molecular formula is C11H20F3N5. The molecule has 0 bridgehead atoms. The number of likely N-dealkylation sites (N-methyl/N-ethyl adjacent to an activating group) is 1. The van der Waals surface area contributed by atoms with Crippen LogP contribution in [0, 0.1) is 0 Å². The van der Waals surface area contributed by atoms with Gasteiger partial charge in [0.25, 0.3) is 0 Å². The molecule has 110 valence electrons. The molecule has 0 saturated carbocycles. The van der Waals surface area contributed by atoms with E-state index in [1.807, 2.05) is 13.8 Å². The van der Waals surface area contributed by atoms with E-state index >= 15 is 0 Å². The summed E-state index contributed by atoms with van der Waals surface area (Å²) in [6.07, 6.45) is -2.84. The first-order valence-electron chi connectivity index (χ1n) is 6.15. The average Bonchev–Trinajstić information content (AvgIpc) is 2.72. The topological polar surface area (TPSA) is 46.0 Å². The first-order chi connectivity index (χ1) is 8.83. The zero-order chi connectivity index (χ0) is 14.5. The molecule has 0 aliphatic carbocycles. The molecule has 0 aliphatic heterocycles. The molecule has 0 aromatic carbocycles. The second kappa shape index (κ2) is 6.85. The minimum absolute atomic E-state index is 0.0783. The molecular weight excluding hydrogens is 259 g/mol. The first kappa shape index (κ1) is 15.9. The Bertz CT molecular complexity index is 375. The van der Waals surface area contributed by atoms with Crippen LogP contribution in [0.15, 0.2) is 6.33 Å². The summed E-state index contributed by atoms with van der Waals surface area (Å²) in [5, 5.41) is 6.88. The number of nitrogens with zero attached hydrogens (tertiary/aromatic N) is 4. The van der Waals surface area contributed by atoms with Crippen LogP contribution in [-0.4, -0.2) is 52.5 Å². The predicted octanol–water partition coefficient (Wildman–Crippen LogP) is 1.44. The number of rotatable bonds is 7. The Hall–Kier alpha value is -1.15. The third-order valence-corrected chi connectivity index (χ3v) is 2.58. The van der Waals surface area contributed by atoms with E-state index in [4.69, 9.17) is 0 Å². The molecule has 5 nitrogen and oxygen atoms in total. The van der Waals surface area contributed by atoms with Crippen molar-refractivity contribution in [3.63, 3.8) is 0 Å². The summed E-state index contributed by atoms with van der Waals surface area (Å²) in [6, 6.07) is 0.0783. The standard InChI is InChI=1S/C11H20F3N5/c1-9(2)19-10(16-8-17-19)6-18(5-4-15-3)7-11(12,13)14/h8-9,15H,4-7H2,1-3H3. The number of aromatic nitrogens is 3. The summed E-state index contributed by atoms with van der Waals surface area (Å²) >= 11 is 0. The maximum Gasteiger partial charge on any atom is 0.401 e. The highest BCUT2D eigenvalue weighted by molar-refractivity contribution is 4.87. The van der Waals surface area contributed by atoms with Crippen LogP contribution in [0.4, 0.5) is 13.2 Å². The quantitative estimate of drug-likeness (QED) is 0.820. The monoisotopic (exact) mass is 279 g/mol. The van der Waals surface area contributed by atoms with E-state index in [0.717, 1.165) is 0 Å². The Kier molecular flexibility index (Phi) is 5.74. The zero-order valence-electron chi connectivity index (χ0n) is 11.4. The molecule has 8 heteroatoms. The lowest BCUT2D eigenvalue weighted by atomic mass is 10.3. The second-order valence-corrected chi connectivity index (χ2v) is 4.64. The van der Waals surface area contributed by atoms with Gasteiger partial charge in [0.2, 0.25) is 0 Å². The van der Waals surface area contributed by atoms with Gasteiger partial charge in [-0.25, -0.2) is 9.67 Å². The smallest absolute Gasteiger partial charge is 0.318 e. The molecule has 1 rings (SSSR count). The Morgan fingerprint density at radius 2 is 2.11 bits per heavy atom. The van der Waals surface area contributed by atoms with Gasteiger partial charge in [0.15, 0.2) is 0 Å². The fourth-order valence-corrected chi connectivity index (χ4v) is 1.76. The predicted molar refractivity (Wildman–Crippen MR) is 65.7 cm³/mol. The van der Waals surface area contributed by atoms with Crippen molar-refractivity contribution >= 4 is 0 Å². The number of halogens is 3. The zero-order valence-corrected chi connectivity index (χ0v) is 11.4. The highest BCUT2D eigenvalue weighted by Crippen LogP contribution is 2.18. The fraction of sp³-hybridized carbons (Fsp3) is 0.818. The van der Waals surface area contributed by atoms with Crippen LogP contribution in [0.1, 0.15) is 25.7 Å². The van der Waals surface area contributed by atoms with E-state index in [9.17, 15) is 13.2 Å². The van der Waals surface area contributed by atoms with Crippen LogP contribution in [0.3, 0.4) is 0 Å². The molecule has 19 heavy (non-hydrogen) atoms. The molecule has 0 atom stereocenters. The summed E-state index contributed by atoms with van der Waals surface area (Å²) < 4.78 is 39.2. The van der Waals surface area contributed by atoms with E-state index in [1.165, 1.54) is 11.2 Å². The first-order valence-corrected chi connectivity index (χ1v) is 6.15. The Labute approximate surface area is 110 Å². The lowest BCUT2D eigenvalue weighted by Crippen LogP contribution is -2.38. The Balaban J connectivity index is 2.72. The van der Waals surface area contributed by atoms with Crippen LogP contribution < -0.4 is 5.32 Å². The molecule has 1 aromatic heterocycles. The summed E-state index contributed by atoms with van der Waals surface area (Å²) in [7, 11) is 1.71. The van der Waals surface area contributed by atoms with Gasteiger partial charge in [-0.05, 0) is 20.9 Å². The molecule has 1 heterocycles. The molecule has 0 fully saturated rings. The van der Waals surface area contributed by atoms with Crippen molar-refractivity contribution in [1.82, 2.24) is 25.0 Å². The van der Waals surface area contributed by atoms with Gasteiger partial charge in [-0.15, -0.1) is 0 Å². The normalized spacial score (nSPS) is 12.6. The van der Waals surface area contributed by atoms with Crippen molar-refractivity contribution in [2.24, 2.45) is 0 Å². The van der Waals surface area contributed by atoms with Crippen LogP contribution in [0.2, 0.25) is 0 Å². The molecule has 0 saturated heterocycles. The number of alkyl halides is 3. The van der Waals surface area contributed by atoms with Gasteiger partial charge < -0.3 is 5.32 Å². The van der Waals surface area contributed by atoms with Crippen molar-refractivity contribution in [2.75, 3.05) is 26.7 Å². The van der Waals surface area contributed by atoms with Gasteiger partial charge in [-0.3, -0.25) is 4.90 Å². The van der Waals surface area contributed by atoms with Crippen LogP contribution in [0.5, 0.6) is 0 Å². The van der Waals surface area contributed by atoms with Crippen LogP contribution in [-0.2, 0) is 6.54 Å². The average molecular weight is 279 g/mol. The minimum atomic E-state index is -4.21. The summed E-state index contributed by atoms with van der Waals surface area (Å²) in [5.74, 6) is 0.551. The maximum absolute atomic E-state index is 12.5. The second-order valence-electron chi connectivity index (χ2n) is 4.64. The molecule has 0 amide bonds. The van der Waals surface area contributed by atoms with E-state index in [2.05, 4.69) is 15.4 Å². The molecule has 0 radical (unpaired) electrons. The molecule has 0 unspecified atom stereocenters. The van der Waals surface area contributed by atoms with Gasteiger partial charge in [0.05, 0.1) is 13.1 Å². The molecule has 1 aromatic rings. The number of nitrogens with one attached hydrogen (secondary N) is 1.